The second-order valence-corrected chi connectivity index (χ2v) is 2.71. The number of unbranched alkanes of at least 4 members (excludes halogenated alkanes) is 2. The maximum atomic E-state index is 4.14. The average molecular weight is 147 g/mol. The molecule has 0 N–H and O–H groups in total. The minimum absolute atomic E-state index is 0.879. The van der Waals surface area contributed by atoms with Gasteiger partial charge in [0.25, 0.3) is 0 Å². The highest BCUT2D eigenvalue weighted by Crippen LogP contribution is 1.96. The van der Waals surface area contributed by atoms with Crippen LogP contribution in [0.4, 0.5) is 0 Å². The highest BCUT2D eigenvalue weighted by atomic mass is 32.1. The Balaban J connectivity index is 2.88. The molecule has 0 aromatic heterocycles. The number of nitrogens with zero attached hydrogens (tertiary/aromatic N) is 1. The largest absolute Gasteiger partial charge is 0.297 e. The second-order valence-electron chi connectivity index (χ2n) is 2.43. The zero-order valence-corrected chi connectivity index (χ0v) is 7.32. The number of thiol groups is 1. The van der Waals surface area contributed by atoms with Crippen molar-refractivity contribution in [3.05, 3.63) is 0 Å². The monoisotopic (exact) mass is 147 g/mol. The fourth-order valence-electron chi connectivity index (χ4n) is 0.702. The van der Waals surface area contributed by atoms with Crippen LogP contribution in [0.3, 0.4) is 0 Å². The maximum absolute atomic E-state index is 4.14. The molecular weight excluding hydrogens is 130 g/mol. The van der Waals surface area contributed by atoms with Crippen LogP contribution in [0, 0.1) is 0 Å². The molecule has 0 aromatic rings. The van der Waals surface area contributed by atoms with Gasteiger partial charge in [-0.05, 0) is 20.0 Å². The predicted octanol–water partition coefficient (Wildman–Crippen LogP) is 2.00. The first-order chi connectivity index (χ1) is 4.31. The topological polar surface area (TPSA) is 3.24 Å². The van der Waals surface area contributed by atoms with E-state index in [0.29, 0.717) is 0 Å². The van der Waals surface area contributed by atoms with Gasteiger partial charge in [-0.3, -0.25) is 4.90 Å². The first-order valence-electron chi connectivity index (χ1n) is 3.60. The summed E-state index contributed by atoms with van der Waals surface area (Å²) in [6.07, 6.45) is 3.96. The third-order valence-corrected chi connectivity index (χ3v) is 1.87. The molecule has 0 bridgehead atoms. The molecule has 0 saturated carbocycles. The van der Waals surface area contributed by atoms with E-state index >= 15 is 0 Å². The third-order valence-electron chi connectivity index (χ3n) is 1.38. The van der Waals surface area contributed by atoms with Gasteiger partial charge in [-0.25, -0.2) is 0 Å². The van der Waals surface area contributed by atoms with Gasteiger partial charge in [0.2, 0.25) is 0 Å². The molecule has 0 unspecified atom stereocenters. The van der Waals surface area contributed by atoms with Crippen molar-refractivity contribution in [3.63, 3.8) is 0 Å². The van der Waals surface area contributed by atoms with Crippen LogP contribution >= 0.6 is 12.6 Å². The highest BCUT2D eigenvalue weighted by molar-refractivity contribution is 7.80. The Labute approximate surface area is 63.8 Å². The van der Waals surface area contributed by atoms with Gasteiger partial charge < -0.3 is 0 Å². The van der Waals surface area contributed by atoms with Crippen LogP contribution in [0.5, 0.6) is 0 Å². The molecule has 0 spiro atoms. The van der Waals surface area contributed by atoms with E-state index in [2.05, 4.69) is 31.5 Å². The normalized spacial score (nSPS) is 10.7. The van der Waals surface area contributed by atoms with Crippen molar-refractivity contribution in [1.29, 1.82) is 0 Å². The van der Waals surface area contributed by atoms with E-state index in [4.69, 9.17) is 0 Å². The minimum Gasteiger partial charge on any atom is -0.297 e. The van der Waals surface area contributed by atoms with Crippen molar-refractivity contribution in [2.24, 2.45) is 0 Å². The zero-order valence-electron chi connectivity index (χ0n) is 6.43. The average Bonchev–Trinajstić information content (AvgIpc) is 1.89. The molecule has 2 heteroatoms. The first-order valence-corrected chi connectivity index (χ1v) is 4.24. The summed E-state index contributed by atoms with van der Waals surface area (Å²) in [7, 11) is 2.10. The third kappa shape index (κ3) is 6.19. The Bertz CT molecular complexity index is 56.9. The van der Waals surface area contributed by atoms with Crippen LogP contribution in [0.25, 0.3) is 0 Å². The summed E-state index contributed by atoms with van der Waals surface area (Å²) in [5.41, 5.74) is 0. The van der Waals surface area contributed by atoms with E-state index in [0.717, 1.165) is 5.88 Å². The van der Waals surface area contributed by atoms with E-state index < -0.39 is 0 Å². The van der Waals surface area contributed by atoms with Gasteiger partial charge in [-0.1, -0.05) is 19.8 Å². The van der Waals surface area contributed by atoms with Crippen LogP contribution in [0.2, 0.25) is 0 Å². The van der Waals surface area contributed by atoms with Gasteiger partial charge in [0.1, 0.15) is 0 Å². The molecule has 9 heavy (non-hydrogen) atoms. The molecule has 0 aliphatic heterocycles. The lowest BCUT2D eigenvalue weighted by Crippen LogP contribution is -2.17. The maximum Gasteiger partial charge on any atom is 0.0411 e. The van der Waals surface area contributed by atoms with Gasteiger partial charge in [0.15, 0.2) is 0 Å². The van der Waals surface area contributed by atoms with Crippen LogP contribution < -0.4 is 0 Å². The van der Waals surface area contributed by atoms with E-state index in [1.54, 1.807) is 0 Å². The van der Waals surface area contributed by atoms with Gasteiger partial charge in [0.05, 0.1) is 0 Å². The van der Waals surface area contributed by atoms with Crippen molar-refractivity contribution < 1.29 is 0 Å². The molecule has 0 saturated heterocycles. The molecule has 0 amide bonds. The summed E-state index contributed by atoms with van der Waals surface area (Å²) >= 11 is 4.14. The molecule has 1 nitrogen and oxygen atoms in total. The summed E-state index contributed by atoms with van der Waals surface area (Å²) in [5.74, 6) is 0.879. The SMILES string of the molecule is CCCCCN(C)CS. The van der Waals surface area contributed by atoms with E-state index in [-0.39, 0.29) is 0 Å². The lowest BCUT2D eigenvalue weighted by Gasteiger charge is -2.11. The predicted molar refractivity (Wildman–Crippen MR) is 46.0 cm³/mol. The van der Waals surface area contributed by atoms with Gasteiger partial charge >= 0.3 is 0 Å². The molecule has 56 valence electrons. The number of rotatable bonds is 5. The summed E-state index contributed by atoms with van der Waals surface area (Å²) in [6, 6.07) is 0. The molecule has 0 radical (unpaired) electrons. The quantitative estimate of drug-likeness (QED) is 0.353. The van der Waals surface area contributed by atoms with Crippen molar-refractivity contribution in [3.8, 4) is 0 Å². The zero-order chi connectivity index (χ0) is 7.11. The molecule has 0 rings (SSSR count). The van der Waals surface area contributed by atoms with Gasteiger partial charge in [-0.2, -0.15) is 12.6 Å². The first kappa shape index (κ1) is 9.31. The minimum atomic E-state index is 0.879. The van der Waals surface area contributed by atoms with E-state index in [1.807, 2.05) is 0 Å². The Morgan fingerprint density at radius 3 is 2.44 bits per heavy atom. The highest BCUT2D eigenvalue weighted by Gasteiger charge is 1.91. The molecule has 0 aromatic carbocycles. The fourth-order valence-corrected chi connectivity index (χ4v) is 0.844. The molecule has 0 aliphatic rings. The van der Waals surface area contributed by atoms with Crippen molar-refractivity contribution >= 4 is 12.6 Å². The van der Waals surface area contributed by atoms with Crippen LogP contribution in [0.1, 0.15) is 26.2 Å². The van der Waals surface area contributed by atoms with E-state index in [9.17, 15) is 0 Å². The van der Waals surface area contributed by atoms with E-state index in [1.165, 1.54) is 25.8 Å². The van der Waals surface area contributed by atoms with Crippen molar-refractivity contribution in [2.75, 3.05) is 19.5 Å². The van der Waals surface area contributed by atoms with Crippen molar-refractivity contribution in [2.45, 2.75) is 26.2 Å². The molecule has 0 fully saturated rings. The molecular formula is C7H17NS. The standard InChI is InChI=1S/C7H17NS/c1-3-4-5-6-8(2)7-9/h9H,3-7H2,1-2H3. The summed E-state index contributed by atoms with van der Waals surface area (Å²) in [6.45, 7) is 3.41. The second kappa shape index (κ2) is 6.43. The van der Waals surface area contributed by atoms with Crippen LogP contribution in [-0.4, -0.2) is 24.4 Å². The van der Waals surface area contributed by atoms with Crippen LogP contribution in [-0.2, 0) is 0 Å². The number of hydrogen-bond donors (Lipinski definition) is 1. The Morgan fingerprint density at radius 2 is 2.00 bits per heavy atom. The Kier molecular flexibility index (Phi) is 6.65. The van der Waals surface area contributed by atoms with Gasteiger partial charge in [-0.15, -0.1) is 0 Å². The summed E-state index contributed by atoms with van der Waals surface area (Å²) in [5, 5.41) is 0. The van der Waals surface area contributed by atoms with Gasteiger partial charge in [0, 0.05) is 5.88 Å². The lowest BCUT2D eigenvalue weighted by atomic mass is 10.2. The number of hydrogen-bond acceptors (Lipinski definition) is 2. The van der Waals surface area contributed by atoms with Crippen molar-refractivity contribution in [1.82, 2.24) is 4.90 Å². The Hall–Kier alpha value is 0.310. The van der Waals surface area contributed by atoms with Crippen LogP contribution in [0.15, 0.2) is 0 Å². The fraction of sp³-hybridized carbons (Fsp3) is 1.00. The summed E-state index contributed by atoms with van der Waals surface area (Å²) in [4.78, 5) is 2.22. The smallest absolute Gasteiger partial charge is 0.0411 e. The Morgan fingerprint density at radius 1 is 1.33 bits per heavy atom. The molecule has 0 atom stereocenters. The lowest BCUT2D eigenvalue weighted by molar-refractivity contribution is 0.380. The molecule has 0 heterocycles. The summed E-state index contributed by atoms with van der Waals surface area (Å²) < 4.78 is 0. The molecule has 0 aliphatic carbocycles.